The first-order chi connectivity index (χ1) is 12.8. The number of phenols is 1. The summed E-state index contributed by atoms with van der Waals surface area (Å²) in [7, 11) is 0. The molecule has 0 atom stereocenters. The molecule has 0 saturated carbocycles. The molecule has 0 aliphatic carbocycles. The van der Waals surface area contributed by atoms with Gasteiger partial charge in [0.1, 0.15) is 5.52 Å². The third-order valence-corrected chi connectivity index (χ3v) is 4.50. The molecule has 4 rings (SSSR count). The van der Waals surface area contributed by atoms with Gasteiger partial charge in [0.2, 0.25) is 0 Å². The maximum Gasteiger partial charge on any atom is 0.165 e. The second-order valence-electron chi connectivity index (χ2n) is 6.34. The number of anilines is 1. The quantitative estimate of drug-likeness (QED) is 0.546. The lowest BCUT2D eigenvalue weighted by Gasteiger charge is -2.26. The lowest BCUT2D eigenvalue weighted by Crippen LogP contribution is -2.22. The van der Waals surface area contributed by atoms with Crippen LogP contribution in [0, 0.1) is 0 Å². The number of benzene rings is 3. The number of pyridine rings is 1. The number of rotatable bonds is 5. The zero-order chi connectivity index (χ0) is 17.8. The van der Waals surface area contributed by atoms with E-state index < -0.39 is 0 Å². The van der Waals surface area contributed by atoms with Crippen molar-refractivity contribution in [1.29, 1.82) is 0 Å². The number of aromatic nitrogens is 1. The molecule has 0 amide bonds. The fourth-order valence-electron chi connectivity index (χ4n) is 3.21. The lowest BCUT2D eigenvalue weighted by atomic mass is 10.1. The van der Waals surface area contributed by atoms with Gasteiger partial charge < -0.3 is 10.0 Å². The van der Waals surface area contributed by atoms with Gasteiger partial charge in [-0.2, -0.15) is 0 Å². The van der Waals surface area contributed by atoms with Crippen molar-refractivity contribution in [3.05, 3.63) is 102 Å². The molecule has 0 unspecified atom stereocenters. The highest BCUT2D eigenvalue weighted by atomic mass is 16.3. The van der Waals surface area contributed by atoms with Crippen molar-refractivity contribution in [1.82, 2.24) is 4.98 Å². The zero-order valence-corrected chi connectivity index (χ0v) is 14.4. The Morgan fingerprint density at radius 1 is 0.692 bits per heavy atom. The second-order valence-corrected chi connectivity index (χ2v) is 6.34. The van der Waals surface area contributed by atoms with Crippen molar-refractivity contribution in [2.24, 2.45) is 0 Å². The van der Waals surface area contributed by atoms with Crippen LogP contribution < -0.4 is 4.90 Å². The minimum atomic E-state index is 0.231. The van der Waals surface area contributed by atoms with Crippen LogP contribution in [-0.2, 0) is 13.1 Å². The molecule has 0 aliphatic rings. The van der Waals surface area contributed by atoms with Crippen molar-refractivity contribution in [2.75, 3.05) is 4.90 Å². The highest BCUT2D eigenvalue weighted by Gasteiger charge is 2.15. The Kier molecular flexibility index (Phi) is 4.52. The number of fused-ring (bicyclic) bond motifs is 1. The average Bonchev–Trinajstić information content (AvgIpc) is 2.70. The van der Waals surface area contributed by atoms with Crippen LogP contribution in [0.2, 0.25) is 0 Å². The SMILES string of the molecule is Oc1c(N(Cc2ccccc2)Cc2ccccc2)ccc2cccnc12. The molecule has 26 heavy (non-hydrogen) atoms. The number of aromatic hydroxyl groups is 1. The average molecular weight is 340 g/mol. The summed E-state index contributed by atoms with van der Waals surface area (Å²) in [6, 6.07) is 28.4. The van der Waals surface area contributed by atoms with E-state index in [-0.39, 0.29) is 5.75 Å². The van der Waals surface area contributed by atoms with Gasteiger partial charge in [-0.15, -0.1) is 0 Å². The topological polar surface area (TPSA) is 36.4 Å². The summed E-state index contributed by atoms with van der Waals surface area (Å²) in [6.45, 7) is 1.42. The summed E-state index contributed by atoms with van der Waals surface area (Å²) in [4.78, 5) is 6.55. The Hall–Kier alpha value is -3.33. The molecule has 1 heterocycles. The first kappa shape index (κ1) is 16.2. The molecule has 3 aromatic carbocycles. The molecule has 3 nitrogen and oxygen atoms in total. The molecule has 0 bridgehead atoms. The Morgan fingerprint density at radius 3 is 1.92 bits per heavy atom. The molecular weight excluding hydrogens is 320 g/mol. The normalized spacial score (nSPS) is 10.8. The van der Waals surface area contributed by atoms with Crippen LogP contribution in [0.15, 0.2) is 91.1 Å². The third kappa shape index (κ3) is 3.38. The summed E-state index contributed by atoms with van der Waals surface area (Å²) in [5.74, 6) is 0.231. The Labute approximate surface area is 153 Å². The summed E-state index contributed by atoms with van der Waals surface area (Å²) >= 11 is 0. The van der Waals surface area contributed by atoms with Crippen LogP contribution in [-0.4, -0.2) is 10.1 Å². The molecule has 0 fully saturated rings. The van der Waals surface area contributed by atoms with Crippen molar-refractivity contribution < 1.29 is 5.11 Å². The summed E-state index contributed by atoms with van der Waals surface area (Å²) < 4.78 is 0. The summed E-state index contributed by atoms with van der Waals surface area (Å²) in [5.41, 5.74) is 3.83. The van der Waals surface area contributed by atoms with E-state index in [1.807, 2.05) is 60.7 Å². The molecule has 1 N–H and O–H groups in total. The highest BCUT2D eigenvalue weighted by Crippen LogP contribution is 2.35. The first-order valence-corrected chi connectivity index (χ1v) is 8.71. The molecule has 4 aromatic rings. The Balaban J connectivity index is 1.75. The predicted octanol–water partition coefficient (Wildman–Crippen LogP) is 5.15. The standard InChI is InChI=1S/C23H20N2O/c26-23-21(14-13-20-12-7-15-24-22(20)23)25(16-18-8-3-1-4-9-18)17-19-10-5-2-6-11-19/h1-15,26H,16-17H2. The van der Waals surface area contributed by atoms with Crippen LogP contribution in [0.5, 0.6) is 5.75 Å². The Bertz CT molecular complexity index is 959. The molecular formula is C23H20N2O. The van der Waals surface area contributed by atoms with E-state index in [1.165, 1.54) is 11.1 Å². The number of nitrogens with zero attached hydrogens (tertiary/aromatic N) is 2. The van der Waals surface area contributed by atoms with Gasteiger partial charge >= 0.3 is 0 Å². The number of phenolic OH excluding ortho intramolecular Hbond substituents is 1. The molecule has 0 saturated heterocycles. The van der Waals surface area contributed by atoms with Crippen molar-refractivity contribution in [2.45, 2.75) is 13.1 Å². The van der Waals surface area contributed by atoms with E-state index >= 15 is 0 Å². The van der Waals surface area contributed by atoms with Gasteiger partial charge in [0, 0.05) is 24.7 Å². The Morgan fingerprint density at radius 2 is 1.31 bits per heavy atom. The molecule has 0 radical (unpaired) electrons. The number of hydrogen-bond donors (Lipinski definition) is 1. The molecule has 0 spiro atoms. The van der Waals surface area contributed by atoms with Crippen LogP contribution in [0.3, 0.4) is 0 Å². The zero-order valence-electron chi connectivity index (χ0n) is 14.4. The van der Waals surface area contributed by atoms with Crippen molar-refractivity contribution >= 4 is 16.6 Å². The number of hydrogen-bond acceptors (Lipinski definition) is 3. The van der Waals surface area contributed by atoms with Gasteiger partial charge in [0.05, 0.1) is 5.69 Å². The van der Waals surface area contributed by atoms with E-state index in [0.717, 1.165) is 11.1 Å². The lowest BCUT2D eigenvalue weighted by molar-refractivity contribution is 0.478. The minimum Gasteiger partial charge on any atom is -0.504 e. The van der Waals surface area contributed by atoms with Gasteiger partial charge in [-0.25, -0.2) is 0 Å². The second kappa shape index (κ2) is 7.28. The fourth-order valence-corrected chi connectivity index (χ4v) is 3.21. The van der Waals surface area contributed by atoms with Crippen LogP contribution in [0.1, 0.15) is 11.1 Å². The van der Waals surface area contributed by atoms with E-state index in [0.29, 0.717) is 18.6 Å². The molecule has 0 aliphatic heterocycles. The van der Waals surface area contributed by atoms with E-state index in [1.54, 1.807) is 6.20 Å². The van der Waals surface area contributed by atoms with E-state index in [4.69, 9.17) is 0 Å². The van der Waals surface area contributed by atoms with Gasteiger partial charge in [-0.3, -0.25) is 4.98 Å². The first-order valence-electron chi connectivity index (χ1n) is 8.71. The summed E-state index contributed by atoms with van der Waals surface area (Å²) in [5, 5.41) is 11.8. The predicted molar refractivity (Wildman–Crippen MR) is 106 cm³/mol. The minimum absolute atomic E-state index is 0.231. The molecule has 1 aromatic heterocycles. The van der Waals surface area contributed by atoms with Crippen LogP contribution in [0.25, 0.3) is 10.9 Å². The largest absolute Gasteiger partial charge is 0.504 e. The smallest absolute Gasteiger partial charge is 0.165 e. The third-order valence-electron chi connectivity index (χ3n) is 4.50. The van der Waals surface area contributed by atoms with E-state index in [2.05, 4.69) is 34.1 Å². The monoisotopic (exact) mass is 340 g/mol. The fraction of sp³-hybridized carbons (Fsp3) is 0.0870. The van der Waals surface area contributed by atoms with Gasteiger partial charge in [0.25, 0.3) is 0 Å². The maximum absolute atomic E-state index is 10.9. The maximum atomic E-state index is 10.9. The van der Waals surface area contributed by atoms with E-state index in [9.17, 15) is 5.11 Å². The van der Waals surface area contributed by atoms with Crippen LogP contribution in [0.4, 0.5) is 5.69 Å². The molecule has 3 heteroatoms. The van der Waals surface area contributed by atoms with Crippen LogP contribution >= 0.6 is 0 Å². The van der Waals surface area contributed by atoms with Gasteiger partial charge in [-0.1, -0.05) is 72.8 Å². The van der Waals surface area contributed by atoms with Gasteiger partial charge in [0.15, 0.2) is 5.75 Å². The highest BCUT2D eigenvalue weighted by molar-refractivity contribution is 5.90. The van der Waals surface area contributed by atoms with Crippen molar-refractivity contribution in [3.63, 3.8) is 0 Å². The van der Waals surface area contributed by atoms with Crippen molar-refractivity contribution in [3.8, 4) is 5.75 Å². The summed E-state index contributed by atoms with van der Waals surface area (Å²) in [6.07, 6.45) is 1.71. The molecule has 128 valence electrons. The van der Waals surface area contributed by atoms with Gasteiger partial charge in [-0.05, 0) is 23.3 Å².